The fraction of sp³-hybridized carbons (Fsp3) is 0.133. The summed E-state index contributed by atoms with van der Waals surface area (Å²) in [7, 11) is 0. The predicted octanol–water partition coefficient (Wildman–Crippen LogP) is 6.58. The minimum atomic E-state index is -0.751. The fourth-order valence-corrected chi connectivity index (χ4v) is 5.31. The van der Waals surface area contributed by atoms with E-state index in [9.17, 15) is 14.4 Å². The summed E-state index contributed by atoms with van der Waals surface area (Å²) in [6.07, 6.45) is 1.85. The van der Waals surface area contributed by atoms with Crippen molar-refractivity contribution in [3.63, 3.8) is 0 Å². The van der Waals surface area contributed by atoms with Crippen molar-refractivity contribution in [2.45, 2.75) is 26.3 Å². The molecule has 0 saturated heterocycles. The molecule has 7 heteroatoms. The Morgan fingerprint density at radius 1 is 0.946 bits per heavy atom. The van der Waals surface area contributed by atoms with Gasteiger partial charge in [0, 0.05) is 22.2 Å². The standard InChI is InChI=1S/C30H25N3O3S/c1-3-26(28(35)32-24-11-7-10-23(16-24)19(2)34)33-18-31-29-27(30(33)36)25(17-37-29)22-14-12-21(13-15-22)20-8-5-4-6-9-20/h4-18,26H,3H2,1-2H3,(H,32,35). The average molecular weight is 508 g/mol. The largest absolute Gasteiger partial charge is 0.324 e. The van der Waals surface area contributed by atoms with Crippen molar-refractivity contribution in [1.82, 2.24) is 9.55 Å². The van der Waals surface area contributed by atoms with Crippen LogP contribution in [0.25, 0.3) is 32.5 Å². The Bertz CT molecular complexity index is 1650. The number of thiophene rings is 1. The van der Waals surface area contributed by atoms with Gasteiger partial charge in [0.1, 0.15) is 10.9 Å². The smallest absolute Gasteiger partial charge is 0.263 e. The van der Waals surface area contributed by atoms with Crippen LogP contribution in [0.3, 0.4) is 0 Å². The van der Waals surface area contributed by atoms with E-state index in [0.717, 1.165) is 22.3 Å². The molecule has 0 aliphatic heterocycles. The van der Waals surface area contributed by atoms with Gasteiger partial charge in [-0.1, -0.05) is 73.7 Å². The number of carbonyl (C=O) groups is 2. The number of carbonyl (C=O) groups excluding carboxylic acids is 2. The molecule has 1 atom stereocenters. The van der Waals surface area contributed by atoms with Crippen molar-refractivity contribution < 1.29 is 9.59 Å². The van der Waals surface area contributed by atoms with Crippen LogP contribution >= 0.6 is 11.3 Å². The topological polar surface area (TPSA) is 81.1 Å². The average Bonchev–Trinajstić information content (AvgIpc) is 3.36. The van der Waals surface area contributed by atoms with Crippen LogP contribution in [0.5, 0.6) is 0 Å². The maximum absolute atomic E-state index is 13.7. The van der Waals surface area contributed by atoms with E-state index >= 15 is 0 Å². The van der Waals surface area contributed by atoms with Crippen LogP contribution in [0.2, 0.25) is 0 Å². The van der Waals surface area contributed by atoms with Crippen LogP contribution in [0.15, 0.2) is 95.4 Å². The van der Waals surface area contributed by atoms with E-state index in [1.165, 1.54) is 29.2 Å². The zero-order chi connectivity index (χ0) is 25.9. The van der Waals surface area contributed by atoms with Gasteiger partial charge >= 0.3 is 0 Å². The quantitative estimate of drug-likeness (QED) is 0.252. The number of Topliss-reactive ketones (excluding diaryl/α,β-unsaturated/α-hetero) is 1. The number of benzene rings is 3. The van der Waals surface area contributed by atoms with Gasteiger partial charge in [0.05, 0.1) is 11.7 Å². The van der Waals surface area contributed by atoms with Crippen molar-refractivity contribution in [1.29, 1.82) is 0 Å². The summed E-state index contributed by atoms with van der Waals surface area (Å²) in [6.45, 7) is 3.33. The number of aromatic nitrogens is 2. The molecular weight excluding hydrogens is 482 g/mol. The monoisotopic (exact) mass is 507 g/mol. The highest BCUT2D eigenvalue weighted by Gasteiger charge is 2.23. The molecule has 37 heavy (non-hydrogen) atoms. The third-order valence-corrected chi connectivity index (χ3v) is 7.27. The SMILES string of the molecule is CCC(C(=O)Nc1cccc(C(C)=O)c1)n1cnc2scc(-c3ccc(-c4ccccc4)cc3)c2c1=O. The van der Waals surface area contributed by atoms with Crippen molar-refractivity contribution in [2.24, 2.45) is 0 Å². The first-order valence-corrected chi connectivity index (χ1v) is 12.9. The minimum Gasteiger partial charge on any atom is -0.324 e. The third kappa shape index (κ3) is 4.86. The Labute approximate surface area is 218 Å². The van der Waals surface area contributed by atoms with E-state index in [2.05, 4.69) is 22.4 Å². The molecule has 0 aliphatic rings. The number of hydrogen-bond acceptors (Lipinski definition) is 5. The molecule has 0 bridgehead atoms. The zero-order valence-electron chi connectivity index (χ0n) is 20.5. The summed E-state index contributed by atoms with van der Waals surface area (Å²) >= 11 is 1.41. The Morgan fingerprint density at radius 3 is 2.35 bits per heavy atom. The van der Waals surface area contributed by atoms with Gasteiger partial charge in [0.25, 0.3) is 5.56 Å². The number of nitrogens with one attached hydrogen (secondary N) is 1. The molecule has 1 N–H and O–H groups in total. The van der Waals surface area contributed by atoms with Gasteiger partial charge in [-0.15, -0.1) is 11.3 Å². The summed E-state index contributed by atoms with van der Waals surface area (Å²) in [6, 6.07) is 24.2. The van der Waals surface area contributed by atoms with Crippen LogP contribution in [-0.2, 0) is 4.79 Å². The maximum atomic E-state index is 13.7. The molecule has 1 unspecified atom stereocenters. The number of amides is 1. The molecule has 0 fully saturated rings. The van der Waals surface area contributed by atoms with E-state index in [1.54, 1.807) is 24.3 Å². The molecule has 0 radical (unpaired) electrons. The van der Waals surface area contributed by atoms with Gasteiger partial charge in [-0.3, -0.25) is 19.0 Å². The van der Waals surface area contributed by atoms with E-state index in [0.29, 0.717) is 27.9 Å². The Kier molecular flexibility index (Phi) is 6.79. The summed E-state index contributed by atoms with van der Waals surface area (Å²) in [5, 5.41) is 5.29. The number of hydrogen-bond donors (Lipinski definition) is 1. The first-order valence-electron chi connectivity index (χ1n) is 12.0. The zero-order valence-corrected chi connectivity index (χ0v) is 21.3. The van der Waals surface area contributed by atoms with Crippen LogP contribution in [0.1, 0.15) is 36.7 Å². The van der Waals surface area contributed by atoms with E-state index in [-0.39, 0.29) is 17.2 Å². The lowest BCUT2D eigenvalue weighted by atomic mass is 10.0. The molecule has 0 aliphatic carbocycles. The highest BCUT2D eigenvalue weighted by atomic mass is 32.1. The Morgan fingerprint density at radius 2 is 1.65 bits per heavy atom. The number of anilines is 1. The third-order valence-electron chi connectivity index (χ3n) is 6.38. The number of fused-ring (bicyclic) bond motifs is 1. The van der Waals surface area contributed by atoms with Crippen molar-refractivity contribution in [3.05, 3.63) is 106 Å². The van der Waals surface area contributed by atoms with Crippen LogP contribution in [0, 0.1) is 0 Å². The molecule has 2 heterocycles. The number of ketones is 1. The summed E-state index contributed by atoms with van der Waals surface area (Å²) in [4.78, 5) is 43.7. The van der Waals surface area contributed by atoms with Crippen molar-refractivity contribution >= 4 is 38.9 Å². The molecule has 0 saturated carbocycles. The van der Waals surface area contributed by atoms with E-state index in [4.69, 9.17) is 0 Å². The molecule has 5 aromatic rings. The second kappa shape index (κ2) is 10.3. The number of nitrogens with zero attached hydrogens (tertiary/aromatic N) is 2. The summed E-state index contributed by atoms with van der Waals surface area (Å²) in [5.74, 6) is -0.425. The van der Waals surface area contributed by atoms with Gasteiger partial charge in [-0.05, 0) is 42.2 Å². The first-order chi connectivity index (χ1) is 18.0. The summed E-state index contributed by atoms with van der Waals surface area (Å²) < 4.78 is 1.40. The van der Waals surface area contributed by atoms with Crippen LogP contribution in [-0.4, -0.2) is 21.2 Å². The molecule has 0 spiro atoms. The minimum absolute atomic E-state index is 0.0872. The maximum Gasteiger partial charge on any atom is 0.263 e. The van der Waals surface area contributed by atoms with Gasteiger partial charge in [0.15, 0.2) is 5.78 Å². The molecule has 184 valence electrons. The second-order valence-corrected chi connectivity index (χ2v) is 9.64. The van der Waals surface area contributed by atoms with Crippen LogP contribution < -0.4 is 10.9 Å². The highest BCUT2D eigenvalue weighted by Crippen LogP contribution is 2.32. The molecular formula is C30H25N3O3S. The summed E-state index contributed by atoms with van der Waals surface area (Å²) in [5.41, 5.74) is 4.69. The fourth-order valence-electron chi connectivity index (χ4n) is 4.40. The Hall–Kier alpha value is -4.36. The van der Waals surface area contributed by atoms with Crippen molar-refractivity contribution in [2.75, 3.05) is 5.32 Å². The lowest BCUT2D eigenvalue weighted by Gasteiger charge is -2.18. The molecule has 6 nitrogen and oxygen atoms in total. The molecule has 1 amide bonds. The number of rotatable bonds is 7. The van der Waals surface area contributed by atoms with Gasteiger partial charge in [-0.2, -0.15) is 0 Å². The normalized spacial score (nSPS) is 11.8. The van der Waals surface area contributed by atoms with Crippen molar-refractivity contribution in [3.8, 4) is 22.3 Å². The van der Waals surface area contributed by atoms with E-state index < -0.39 is 6.04 Å². The Balaban J connectivity index is 1.48. The lowest BCUT2D eigenvalue weighted by Crippen LogP contribution is -2.33. The first kappa shape index (κ1) is 24.3. The van der Waals surface area contributed by atoms with Gasteiger partial charge in [0.2, 0.25) is 5.91 Å². The molecule has 5 rings (SSSR count). The van der Waals surface area contributed by atoms with Gasteiger partial charge in [-0.25, -0.2) is 4.98 Å². The highest BCUT2D eigenvalue weighted by molar-refractivity contribution is 7.17. The molecule has 2 aromatic heterocycles. The molecule has 3 aromatic carbocycles. The predicted molar refractivity (Wildman–Crippen MR) is 149 cm³/mol. The lowest BCUT2D eigenvalue weighted by molar-refractivity contribution is -0.119. The van der Waals surface area contributed by atoms with Gasteiger partial charge < -0.3 is 5.32 Å². The van der Waals surface area contributed by atoms with E-state index in [1.807, 2.05) is 54.8 Å². The second-order valence-electron chi connectivity index (χ2n) is 8.78. The van der Waals surface area contributed by atoms with Crippen LogP contribution in [0.4, 0.5) is 5.69 Å².